The third kappa shape index (κ3) is 3.37. The van der Waals surface area contributed by atoms with Crippen molar-refractivity contribution in [3.8, 4) is 0 Å². The zero-order valence-corrected chi connectivity index (χ0v) is 11.6. The van der Waals surface area contributed by atoms with Gasteiger partial charge in [0, 0.05) is 38.6 Å². The lowest BCUT2D eigenvalue weighted by atomic mass is 10.4. The Bertz CT molecular complexity index is 637. The Morgan fingerprint density at radius 3 is 2.95 bits per heavy atom. The van der Waals surface area contributed by atoms with Crippen LogP contribution in [-0.4, -0.2) is 59.6 Å². The van der Waals surface area contributed by atoms with E-state index in [0.717, 1.165) is 32.8 Å². The fourth-order valence-electron chi connectivity index (χ4n) is 2.32. The second-order valence-corrected chi connectivity index (χ2v) is 4.95. The summed E-state index contributed by atoms with van der Waals surface area (Å²) >= 11 is 0. The fourth-order valence-corrected chi connectivity index (χ4v) is 2.32. The van der Waals surface area contributed by atoms with Gasteiger partial charge in [0.25, 0.3) is 5.91 Å². The summed E-state index contributed by atoms with van der Waals surface area (Å²) in [4.78, 5) is 18.4. The summed E-state index contributed by atoms with van der Waals surface area (Å²) in [6, 6.07) is 2.86. The van der Waals surface area contributed by atoms with Gasteiger partial charge in [-0.2, -0.15) is 0 Å². The van der Waals surface area contributed by atoms with Gasteiger partial charge in [0.05, 0.1) is 13.2 Å². The fraction of sp³-hybridized carbons (Fsp3) is 0.429. The van der Waals surface area contributed by atoms with Gasteiger partial charge in [0.1, 0.15) is 17.2 Å². The van der Waals surface area contributed by atoms with E-state index in [4.69, 9.17) is 4.74 Å². The molecule has 112 valence electrons. The number of ether oxygens (including phenoxy) is 1. The molecule has 7 heteroatoms. The zero-order valence-electron chi connectivity index (χ0n) is 11.6. The van der Waals surface area contributed by atoms with Gasteiger partial charge in [-0.25, -0.2) is 9.37 Å². The molecule has 1 N–H and O–H groups in total. The van der Waals surface area contributed by atoms with Gasteiger partial charge in [-0.3, -0.25) is 9.69 Å². The van der Waals surface area contributed by atoms with Gasteiger partial charge in [-0.05, 0) is 12.1 Å². The predicted molar refractivity (Wildman–Crippen MR) is 74.7 cm³/mol. The van der Waals surface area contributed by atoms with Crippen LogP contribution in [0.2, 0.25) is 0 Å². The SMILES string of the molecule is O=C(NCCN1CCOCC1)c1cn2cc(F)ccc2n1. The topological polar surface area (TPSA) is 58.9 Å². The quantitative estimate of drug-likeness (QED) is 0.893. The minimum Gasteiger partial charge on any atom is -0.379 e. The third-order valence-electron chi connectivity index (χ3n) is 3.46. The maximum atomic E-state index is 13.1. The Morgan fingerprint density at radius 2 is 2.14 bits per heavy atom. The van der Waals surface area contributed by atoms with E-state index in [9.17, 15) is 9.18 Å². The minimum atomic E-state index is -0.362. The van der Waals surface area contributed by atoms with Crippen LogP contribution >= 0.6 is 0 Å². The van der Waals surface area contributed by atoms with Crippen LogP contribution in [0, 0.1) is 5.82 Å². The van der Waals surface area contributed by atoms with E-state index in [1.165, 1.54) is 22.9 Å². The zero-order chi connectivity index (χ0) is 14.7. The number of morpholine rings is 1. The van der Waals surface area contributed by atoms with E-state index in [1.807, 2.05) is 0 Å². The standard InChI is InChI=1S/C14H17FN4O2/c15-11-1-2-13-17-12(10-19(13)9-11)14(20)16-3-4-18-5-7-21-8-6-18/h1-2,9-10H,3-8H2,(H,16,20). The summed E-state index contributed by atoms with van der Waals surface area (Å²) in [5, 5.41) is 2.83. The van der Waals surface area contributed by atoms with E-state index >= 15 is 0 Å². The predicted octanol–water partition coefficient (Wildman–Crippen LogP) is 0.535. The monoisotopic (exact) mass is 292 g/mol. The number of halogens is 1. The highest BCUT2D eigenvalue weighted by molar-refractivity contribution is 5.92. The van der Waals surface area contributed by atoms with Crippen molar-refractivity contribution in [1.82, 2.24) is 19.6 Å². The van der Waals surface area contributed by atoms with Crippen molar-refractivity contribution in [2.24, 2.45) is 0 Å². The molecule has 21 heavy (non-hydrogen) atoms. The van der Waals surface area contributed by atoms with Gasteiger partial charge in [0.15, 0.2) is 0 Å². The van der Waals surface area contributed by atoms with Gasteiger partial charge in [-0.15, -0.1) is 0 Å². The molecule has 0 atom stereocenters. The largest absolute Gasteiger partial charge is 0.379 e. The number of hydrogen-bond donors (Lipinski definition) is 1. The summed E-state index contributed by atoms with van der Waals surface area (Å²) in [6.07, 6.45) is 2.83. The summed E-state index contributed by atoms with van der Waals surface area (Å²) in [7, 11) is 0. The van der Waals surface area contributed by atoms with Gasteiger partial charge in [0.2, 0.25) is 0 Å². The Kier molecular flexibility index (Phi) is 4.12. The van der Waals surface area contributed by atoms with Gasteiger partial charge >= 0.3 is 0 Å². The molecule has 0 aliphatic carbocycles. The minimum absolute atomic E-state index is 0.243. The van der Waals surface area contributed by atoms with Crippen molar-refractivity contribution in [3.05, 3.63) is 36.0 Å². The molecule has 1 saturated heterocycles. The molecule has 0 saturated carbocycles. The molecule has 0 spiro atoms. The molecule has 3 rings (SSSR count). The van der Waals surface area contributed by atoms with Crippen LogP contribution in [0.25, 0.3) is 5.65 Å². The van der Waals surface area contributed by atoms with Crippen LogP contribution in [0.5, 0.6) is 0 Å². The molecule has 0 unspecified atom stereocenters. The molecule has 1 amide bonds. The molecule has 0 aromatic carbocycles. The van der Waals surface area contributed by atoms with Gasteiger partial charge in [-0.1, -0.05) is 0 Å². The van der Waals surface area contributed by atoms with E-state index < -0.39 is 0 Å². The van der Waals surface area contributed by atoms with Crippen molar-refractivity contribution in [3.63, 3.8) is 0 Å². The first kappa shape index (κ1) is 14.0. The number of aromatic nitrogens is 2. The molecule has 2 aromatic rings. The molecule has 6 nitrogen and oxygen atoms in total. The highest BCUT2D eigenvalue weighted by Crippen LogP contribution is 2.06. The summed E-state index contributed by atoms with van der Waals surface area (Å²) in [5.74, 6) is -0.605. The van der Waals surface area contributed by atoms with Crippen molar-refractivity contribution in [2.45, 2.75) is 0 Å². The molecule has 1 aliphatic rings. The second-order valence-electron chi connectivity index (χ2n) is 4.95. The first-order valence-corrected chi connectivity index (χ1v) is 6.95. The molecule has 0 bridgehead atoms. The number of amides is 1. The Labute approximate surface area is 121 Å². The average molecular weight is 292 g/mol. The highest BCUT2D eigenvalue weighted by atomic mass is 19.1. The number of hydrogen-bond acceptors (Lipinski definition) is 4. The number of imidazole rings is 1. The van der Waals surface area contributed by atoms with Crippen LogP contribution in [0.15, 0.2) is 24.5 Å². The van der Waals surface area contributed by atoms with Gasteiger partial charge < -0.3 is 14.5 Å². The van der Waals surface area contributed by atoms with Crippen molar-refractivity contribution in [2.75, 3.05) is 39.4 Å². The van der Waals surface area contributed by atoms with E-state index in [0.29, 0.717) is 17.9 Å². The highest BCUT2D eigenvalue weighted by Gasteiger charge is 2.13. The molecule has 3 heterocycles. The van der Waals surface area contributed by atoms with E-state index in [-0.39, 0.29) is 11.7 Å². The van der Waals surface area contributed by atoms with Crippen LogP contribution in [-0.2, 0) is 4.74 Å². The Morgan fingerprint density at radius 1 is 1.33 bits per heavy atom. The first-order chi connectivity index (χ1) is 10.2. The van der Waals surface area contributed by atoms with E-state index in [2.05, 4.69) is 15.2 Å². The molecule has 1 fully saturated rings. The third-order valence-corrected chi connectivity index (χ3v) is 3.46. The number of fused-ring (bicyclic) bond motifs is 1. The maximum Gasteiger partial charge on any atom is 0.271 e. The van der Waals surface area contributed by atoms with Crippen molar-refractivity contribution >= 4 is 11.6 Å². The van der Waals surface area contributed by atoms with Crippen LogP contribution in [0.3, 0.4) is 0 Å². The first-order valence-electron chi connectivity index (χ1n) is 6.95. The molecule has 1 aliphatic heterocycles. The summed E-state index contributed by atoms with van der Waals surface area (Å²) < 4.78 is 19.9. The molecular formula is C14H17FN4O2. The number of pyridine rings is 1. The molecule has 2 aromatic heterocycles. The van der Waals surface area contributed by atoms with Crippen molar-refractivity contribution < 1.29 is 13.9 Å². The maximum absolute atomic E-state index is 13.1. The number of rotatable bonds is 4. The van der Waals surface area contributed by atoms with Crippen LogP contribution in [0.4, 0.5) is 4.39 Å². The second kappa shape index (κ2) is 6.19. The lowest BCUT2D eigenvalue weighted by Crippen LogP contribution is -2.41. The number of nitrogens with zero attached hydrogens (tertiary/aromatic N) is 3. The molecule has 0 radical (unpaired) electrons. The Hall–Kier alpha value is -1.99. The number of carbonyl (C=O) groups is 1. The lowest BCUT2D eigenvalue weighted by molar-refractivity contribution is 0.0383. The Balaban J connectivity index is 1.56. The van der Waals surface area contributed by atoms with Crippen molar-refractivity contribution in [1.29, 1.82) is 0 Å². The molecular weight excluding hydrogens is 275 g/mol. The normalized spacial score (nSPS) is 16.2. The lowest BCUT2D eigenvalue weighted by Gasteiger charge is -2.26. The summed E-state index contributed by atoms with van der Waals surface area (Å²) in [6.45, 7) is 4.61. The van der Waals surface area contributed by atoms with E-state index in [1.54, 1.807) is 6.07 Å². The summed E-state index contributed by atoms with van der Waals surface area (Å²) in [5.41, 5.74) is 0.845. The van der Waals surface area contributed by atoms with Crippen LogP contribution < -0.4 is 5.32 Å². The average Bonchev–Trinajstić information content (AvgIpc) is 2.91. The smallest absolute Gasteiger partial charge is 0.271 e. The number of carbonyl (C=O) groups excluding carboxylic acids is 1. The number of nitrogens with one attached hydrogen (secondary N) is 1. The van der Waals surface area contributed by atoms with Crippen LogP contribution in [0.1, 0.15) is 10.5 Å².